The van der Waals surface area contributed by atoms with Crippen molar-refractivity contribution >= 4 is 23.1 Å². The lowest BCUT2D eigenvalue weighted by atomic mass is 10.1. The van der Waals surface area contributed by atoms with Crippen LogP contribution < -0.4 is 0 Å². The highest BCUT2D eigenvalue weighted by Crippen LogP contribution is 2.24. The fourth-order valence-electron chi connectivity index (χ4n) is 2.79. The molecular formula is C15H18ClFN4S. The summed E-state index contributed by atoms with van der Waals surface area (Å²) in [7, 11) is 0. The Hall–Kier alpha value is -1.08. The molecule has 1 fully saturated rings. The van der Waals surface area contributed by atoms with Crippen molar-refractivity contribution in [2.24, 2.45) is 0 Å². The first-order chi connectivity index (χ1) is 10.6. The number of halogens is 2. The molecule has 118 valence electrons. The van der Waals surface area contributed by atoms with E-state index in [0.29, 0.717) is 4.34 Å². The van der Waals surface area contributed by atoms with Crippen LogP contribution in [0.3, 0.4) is 0 Å². The molecule has 3 rings (SSSR count). The van der Waals surface area contributed by atoms with Gasteiger partial charge in [0.2, 0.25) is 0 Å². The van der Waals surface area contributed by atoms with Crippen LogP contribution in [0.4, 0.5) is 4.39 Å². The lowest BCUT2D eigenvalue weighted by Gasteiger charge is -2.38. The third-order valence-electron chi connectivity index (χ3n) is 4.17. The summed E-state index contributed by atoms with van der Waals surface area (Å²) in [5.41, 5.74) is 1.89. The molecule has 0 spiro atoms. The lowest BCUT2D eigenvalue weighted by molar-refractivity contribution is 0.0970. The van der Waals surface area contributed by atoms with Gasteiger partial charge >= 0.3 is 0 Å². The summed E-state index contributed by atoms with van der Waals surface area (Å²) < 4.78 is 17.9. The smallest absolute Gasteiger partial charge is 0.138 e. The molecule has 0 unspecified atom stereocenters. The van der Waals surface area contributed by atoms with Crippen LogP contribution in [0.2, 0.25) is 4.34 Å². The van der Waals surface area contributed by atoms with Crippen molar-refractivity contribution in [1.82, 2.24) is 19.4 Å². The van der Waals surface area contributed by atoms with Crippen molar-refractivity contribution in [2.75, 3.05) is 26.2 Å². The summed E-state index contributed by atoms with van der Waals surface area (Å²) in [5, 5.41) is 4.06. The number of hydrogen-bond donors (Lipinski definition) is 0. The summed E-state index contributed by atoms with van der Waals surface area (Å²) in [6.45, 7) is 6.68. The zero-order valence-electron chi connectivity index (χ0n) is 12.4. The highest BCUT2D eigenvalue weighted by molar-refractivity contribution is 7.10. The van der Waals surface area contributed by atoms with Crippen molar-refractivity contribution in [1.29, 1.82) is 0 Å². The summed E-state index contributed by atoms with van der Waals surface area (Å²) in [6, 6.07) is 7.09. The maximum Gasteiger partial charge on any atom is 0.138 e. The fourth-order valence-corrected chi connectivity index (χ4v) is 3.40. The third-order valence-corrected chi connectivity index (χ3v) is 5.15. The molecule has 2 heterocycles. The molecule has 0 bridgehead atoms. The highest BCUT2D eigenvalue weighted by Gasteiger charge is 2.23. The van der Waals surface area contributed by atoms with E-state index in [1.165, 1.54) is 17.6 Å². The van der Waals surface area contributed by atoms with E-state index in [2.05, 4.69) is 26.3 Å². The quantitative estimate of drug-likeness (QED) is 0.855. The first kappa shape index (κ1) is 15.8. The number of piperazine rings is 1. The van der Waals surface area contributed by atoms with E-state index in [0.717, 1.165) is 44.0 Å². The minimum Gasteiger partial charge on any atom is -0.295 e. The Kier molecular flexibility index (Phi) is 5.03. The van der Waals surface area contributed by atoms with Crippen molar-refractivity contribution < 1.29 is 4.39 Å². The van der Waals surface area contributed by atoms with E-state index in [1.54, 1.807) is 12.1 Å². The normalized spacial score (nSPS) is 18.5. The molecule has 0 saturated carbocycles. The van der Waals surface area contributed by atoms with E-state index in [-0.39, 0.29) is 11.9 Å². The van der Waals surface area contributed by atoms with Crippen molar-refractivity contribution in [3.63, 3.8) is 0 Å². The first-order valence-corrected chi connectivity index (χ1v) is 8.47. The van der Waals surface area contributed by atoms with Crippen LogP contribution in [-0.2, 0) is 6.54 Å². The molecule has 0 aliphatic carbocycles. The van der Waals surface area contributed by atoms with E-state index in [9.17, 15) is 4.39 Å². The molecule has 1 saturated heterocycles. The Balaban J connectivity index is 1.56. The lowest BCUT2D eigenvalue weighted by Crippen LogP contribution is -2.46. The molecule has 1 aromatic carbocycles. The highest BCUT2D eigenvalue weighted by atomic mass is 35.5. The Labute approximate surface area is 138 Å². The fraction of sp³-hybridized carbons (Fsp3) is 0.467. The van der Waals surface area contributed by atoms with Gasteiger partial charge < -0.3 is 0 Å². The zero-order chi connectivity index (χ0) is 15.5. The minimum atomic E-state index is -0.173. The first-order valence-electron chi connectivity index (χ1n) is 7.32. The molecule has 22 heavy (non-hydrogen) atoms. The van der Waals surface area contributed by atoms with Crippen LogP contribution in [0.25, 0.3) is 0 Å². The average Bonchev–Trinajstić information content (AvgIpc) is 2.92. The zero-order valence-corrected chi connectivity index (χ0v) is 13.9. The second-order valence-electron chi connectivity index (χ2n) is 5.54. The average molecular weight is 341 g/mol. The van der Waals surface area contributed by atoms with Crippen LogP contribution in [0.5, 0.6) is 0 Å². The van der Waals surface area contributed by atoms with E-state index >= 15 is 0 Å². The van der Waals surface area contributed by atoms with Gasteiger partial charge in [-0.05, 0) is 24.6 Å². The Morgan fingerprint density at radius 1 is 1.32 bits per heavy atom. The predicted octanol–water partition coefficient (Wildman–Crippen LogP) is 3.21. The van der Waals surface area contributed by atoms with Crippen LogP contribution in [-0.4, -0.2) is 45.6 Å². The molecule has 0 N–H and O–H groups in total. The van der Waals surface area contributed by atoms with E-state index in [1.807, 2.05) is 6.07 Å². The van der Waals surface area contributed by atoms with Crippen molar-refractivity contribution in [2.45, 2.75) is 19.5 Å². The Morgan fingerprint density at radius 2 is 2.09 bits per heavy atom. The monoisotopic (exact) mass is 340 g/mol. The number of benzene rings is 1. The Morgan fingerprint density at radius 3 is 2.73 bits per heavy atom. The molecule has 1 aliphatic heterocycles. The number of nitrogens with zero attached hydrogens (tertiary/aromatic N) is 4. The van der Waals surface area contributed by atoms with Crippen molar-refractivity contribution in [3.8, 4) is 0 Å². The van der Waals surface area contributed by atoms with Crippen LogP contribution >= 0.6 is 23.1 Å². The molecule has 7 heteroatoms. The topological polar surface area (TPSA) is 32.3 Å². The number of rotatable bonds is 4. The van der Waals surface area contributed by atoms with Crippen molar-refractivity contribution in [3.05, 3.63) is 45.7 Å². The summed E-state index contributed by atoms with van der Waals surface area (Å²) >= 11 is 7.28. The van der Waals surface area contributed by atoms with Gasteiger partial charge in [-0.1, -0.05) is 28.2 Å². The second kappa shape index (κ2) is 7.00. The van der Waals surface area contributed by atoms with Gasteiger partial charge in [-0.25, -0.2) is 4.39 Å². The SMILES string of the molecule is C[C@H](c1cccc(F)c1)N1CCN(Cc2nnsc2Cl)CC1. The molecule has 0 amide bonds. The largest absolute Gasteiger partial charge is 0.295 e. The van der Waals surface area contributed by atoms with Gasteiger partial charge in [0.05, 0.1) is 0 Å². The van der Waals surface area contributed by atoms with Crippen LogP contribution in [0, 0.1) is 5.82 Å². The maximum absolute atomic E-state index is 13.4. The van der Waals surface area contributed by atoms with Gasteiger partial charge in [0.1, 0.15) is 15.8 Å². The summed E-state index contributed by atoms with van der Waals surface area (Å²) in [6.07, 6.45) is 0. The third kappa shape index (κ3) is 3.63. The molecule has 1 atom stereocenters. The standard InChI is InChI=1S/C15H18ClFN4S/c1-11(12-3-2-4-13(17)9-12)21-7-5-20(6-8-21)10-14-15(16)22-19-18-14/h2-4,9,11H,5-8,10H2,1H3/t11-/m1/s1. The van der Waals surface area contributed by atoms with Gasteiger partial charge in [0.25, 0.3) is 0 Å². The van der Waals surface area contributed by atoms with Gasteiger partial charge in [-0.3, -0.25) is 9.80 Å². The molecule has 1 aromatic heterocycles. The van der Waals surface area contributed by atoms with Crippen LogP contribution in [0.1, 0.15) is 24.2 Å². The molecule has 2 aromatic rings. The van der Waals surface area contributed by atoms with Gasteiger partial charge in [0.15, 0.2) is 0 Å². The Bertz CT molecular complexity index is 628. The second-order valence-corrected chi connectivity index (χ2v) is 6.89. The number of aromatic nitrogens is 2. The van der Waals surface area contributed by atoms with Gasteiger partial charge in [-0.2, -0.15) is 0 Å². The van der Waals surface area contributed by atoms with E-state index in [4.69, 9.17) is 11.6 Å². The van der Waals surface area contributed by atoms with Gasteiger partial charge in [0, 0.05) is 50.3 Å². The van der Waals surface area contributed by atoms with Gasteiger partial charge in [-0.15, -0.1) is 5.10 Å². The molecule has 0 radical (unpaired) electrons. The molecular weight excluding hydrogens is 323 g/mol. The summed E-state index contributed by atoms with van der Waals surface area (Å²) in [4.78, 5) is 4.71. The molecule has 1 aliphatic rings. The van der Waals surface area contributed by atoms with Crippen LogP contribution in [0.15, 0.2) is 24.3 Å². The predicted molar refractivity (Wildman–Crippen MR) is 86.6 cm³/mol. The summed E-state index contributed by atoms with van der Waals surface area (Å²) in [5.74, 6) is -0.173. The number of hydrogen-bond acceptors (Lipinski definition) is 5. The van der Waals surface area contributed by atoms with E-state index < -0.39 is 0 Å². The molecule has 4 nitrogen and oxygen atoms in total. The maximum atomic E-state index is 13.4. The minimum absolute atomic E-state index is 0.173.